The maximum atomic E-state index is 12.7. The molecule has 29 heavy (non-hydrogen) atoms. The number of amides is 1. The summed E-state index contributed by atoms with van der Waals surface area (Å²) in [6.07, 6.45) is -2.87. The molecular formula is C22H20F3N3O. The van der Waals surface area contributed by atoms with Gasteiger partial charge in [-0.25, -0.2) is 4.98 Å². The van der Waals surface area contributed by atoms with Crippen molar-refractivity contribution in [2.75, 3.05) is 10.6 Å². The lowest BCUT2D eigenvalue weighted by Crippen LogP contribution is -2.15. The van der Waals surface area contributed by atoms with Crippen LogP contribution in [0.1, 0.15) is 41.3 Å². The van der Waals surface area contributed by atoms with Gasteiger partial charge in [0.05, 0.1) is 11.1 Å². The van der Waals surface area contributed by atoms with Gasteiger partial charge in [-0.2, -0.15) is 13.2 Å². The highest BCUT2D eigenvalue weighted by atomic mass is 19.4. The van der Waals surface area contributed by atoms with Gasteiger partial charge in [0, 0.05) is 17.6 Å². The van der Waals surface area contributed by atoms with E-state index in [1.165, 1.54) is 17.7 Å². The maximum Gasteiger partial charge on any atom is 0.416 e. The van der Waals surface area contributed by atoms with E-state index in [2.05, 4.69) is 29.5 Å². The van der Waals surface area contributed by atoms with Crippen LogP contribution in [-0.2, 0) is 6.18 Å². The number of nitrogens with zero attached hydrogens (tertiary/aromatic N) is 1. The van der Waals surface area contributed by atoms with Crippen LogP contribution in [0.3, 0.4) is 0 Å². The van der Waals surface area contributed by atoms with Crippen LogP contribution in [0.25, 0.3) is 0 Å². The van der Waals surface area contributed by atoms with Crippen LogP contribution < -0.4 is 10.6 Å². The summed E-state index contributed by atoms with van der Waals surface area (Å²) in [6.45, 7) is 4.20. The predicted octanol–water partition coefficient (Wildman–Crippen LogP) is 6.22. The number of halogens is 3. The topological polar surface area (TPSA) is 54.0 Å². The lowest BCUT2D eigenvalue weighted by atomic mass is 10.0. The Morgan fingerprint density at radius 3 is 2.14 bits per heavy atom. The van der Waals surface area contributed by atoms with Gasteiger partial charge in [-0.05, 0) is 60.0 Å². The summed E-state index contributed by atoms with van der Waals surface area (Å²) in [5, 5.41) is 5.71. The largest absolute Gasteiger partial charge is 0.416 e. The third-order valence-electron chi connectivity index (χ3n) is 4.36. The van der Waals surface area contributed by atoms with Gasteiger partial charge < -0.3 is 10.6 Å². The molecular weight excluding hydrogens is 379 g/mol. The van der Waals surface area contributed by atoms with Crippen molar-refractivity contribution < 1.29 is 18.0 Å². The van der Waals surface area contributed by atoms with Gasteiger partial charge in [-0.3, -0.25) is 4.79 Å². The smallest absolute Gasteiger partial charge is 0.340 e. The second-order valence-electron chi connectivity index (χ2n) is 6.83. The summed E-state index contributed by atoms with van der Waals surface area (Å²) in [6, 6.07) is 15.3. The molecule has 4 nitrogen and oxygen atoms in total. The number of pyridine rings is 1. The Bertz CT molecular complexity index is 981. The van der Waals surface area contributed by atoms with E-state index < -0.39 is 17.6 Å². The fraction of sp³-hybridized carbons (Fsp3) is 0.182. The summed E-state index contributed by atoms with van der Waals surface area (Å²) < 4.78 is 38.0. The molecule has 2 aromatic carbocycles. The van der Waals surface area contributed by atoms with Gasteiger partial charge in [-0.1, -0.05) is 26.0 Å². The first-order valence-electron chi connectivity index (χ1n) is 9.04. The molecule has 0 aliphatic heterocycles. The second kappa shape index (κ2) is 8.34. The van der Waals surface area contributed by atoms with Gasteiger partial charge >= 0.3 is 6.18 Å². The number of hydrogen-bond acceptors (Lipinski definition) is 3. The van der Waals surface area contributed by atoms with Crippen molar-refractivity contribution in [3.8, 4) is 0 Å². The molecule has 0 radical (unpaired) electrons. The second-order valence-corrected chi connectivity index (χ2v) is 6.83. The monoisotopic (exact) mass is 399 g/mol. The number of anilines is 3. The van der Waals surface area contributed by atoms with Crippen LogP contribution >= 0.6 is 0 Å². The molecule has 0 unspecified atom stereocenters. The number of benzene rings is 2. The van der Waals surface area contributed by atoms with Crippen molar-refractivity contribution in [1.29, 1.82) is 0 Å². The zero-order valence-corrected chi connectivity index (χ0v) is 15.9. The SMILES string of the molecule is CC(C)c1ccc(Nc2ncccc2C(=O)Nc2ccc(C(F)(F)F)cc2)cc1. The standard InChI is InChI=1S/C22H20F3N3O/c1-14(2)15-5-9-17(10-6-15)27-20-19(4-3-13-26-20)21(29)28-18-11-7-16(8-12-18)22(23,24)25/h3-14H,1-2H3,(H,26,27)(H,28,29). The Hall–Kier alpha value is -3.35. The van der Waals surface area contributed by atoms with E-state index in [0.29, 0.717) is 11.7 Å². The summed E-state index contributed by atoms with van der Waals surface area (Å²) in [7, 11) is 0. The first-order chi connectivity index (χ1) is 13.7. The number of aromatic nitrogens is 1. The van der Waals surface area contributed by atoms with Crippen LogP contribution in [0.15, 0.2) is 66.9 Å². The molecule has 0 spiro atoms. The van der Waals surface area contributed by atoms with Crippen molar-refractivity contribution >= 4 is 23.1 Å². The average Bonchev–Trinajstić information content (AvgIpc) is 2.68. The molecule has 2 N–H and O–H groups in total. The van der Waals surface area contributed by atoms with Crippen molar-refractivity contribution in [2.24, 2.45) is 0 Å². The molecule has 0 aliphatic rings. The average molecular weight is 399 g/mol. The molecule has 0 saturated carbocycles. The Balaban J connectivity index is 1.76. The highest BCUT2D eigenvalue weighted by molar-refractivity contribution is 6.07. The zero-order chi connectivity index (χ0) is 21.0. The molecule has 0 aliphatic carbocycles. The van der Waals surface area contributed by atoms with Gasteiger partial charge in [0.2, 0.25) is 0 Å². The third-order valence-corrected chi connectivity index (χ3v) is 4.36. The number of carbonyl (C=O) groups excluding carboxylic acids is 1. The van der Waals surface area contributed by atoms with Gasteiger partial charge in [-0.15, -0.1) is 0 Å². The number of alkyl halides is 3. The molecule has 0 bridgehead atoms. The highest BCUT2D eigenvalue weighted by Crippen LogP contribution is 2.30. The van der Waals surface area contributed by atoms with Crippen LogP contribution in [-0.4, -0.2) is 10.9 Å². The normalized spacial score (nSPS) is 11.4. The number of rotatable bonds is 5. The van der Waals surface area contributed by atoms with E-state index in [-0.39, 0.29) is 11.3 Å². The molecule has 150 valence electrons. The van der Waals surface area contributed by atoms with Crippen molar-refractivity contribution in [2.45, 2.75) is 25.9 Å². The summed E-state index contributed by atoms with van der Waals surface area (Å²) in [4.78, 5) is 16.9. The maximum absolute atomic E-state index is 12.7. The van der Waals surface area contributed by atoms with E-state index >= 15 is 0 Å². The fourth-order valence-electron chi connectivity index (χ4n) is 2.72. The molecule has 7 heteroatoms. The Morgan fingerprint density at radius 1 is 0.931 bits per heavy atom. The molecule has 1 aromatic heterocycles. The Kier molecular flexibility index (Phi) is 5.87. The number of nitrogens with one attached hydrogen (secondary N) is 2. The van der Waals surface area contributed by atoms with Crippen LogP contribution in [0, 0.1) is 0 Å². The van der Waals surface area contributed by atoms with Gasteiger partial charge in [0.1, 0.15) is 5.82 Å². The van der Waals surface area contributed by atoms with Crippen LogP contribution in [0.2, 0.25) is 0 Å². The van der Waals surface area contributed by atoms with E-state index in [9.17, 15) is 18.0 Å². The quantitative estimate of drug-likeness (QED) is 0.535. The fourth-order valence-corrected chi connectivity index (χ4v) is 2.72. The summed E-state index contributed by atoms with van der Waals surface area (Å²) in [5.41, 5.74) is 1.73. The Morgan fingerprint density at radius 2 is 1.55 bits per heavy atom. The molecule has 1 amide bonds. The van der Waals surface area contributed by atoms with Crippen LogP contribution in [0.5, 0.6) is 0 Å². The first-order valence-corrected chi connectivity index (χ1v) is 9.04. The van der Waals surface area contributed by atoms with E-state index in [0.717, 1.165) is 17.8 Å². The zero-order valence-electron chi connectivity index (χ0n) is 15.9. The van der Waals surface area contributed by atoms with Crippen molar-refractivity contribution in [3.05, 3.63) is 83.6 Å². The number of hydrogen-bond donors (Lipinski definition) is 2. The molecule has 0 saturated heterocycles. The predicted molar refractivity (Wildman–Crippen MR) is 107 cm³/mol. The first kappa shape index (κ1) is 20.4. The molecule has 3 rings (SSSR count). The van der Waals surface area contributed by atoms with E-state index in [1.54, 1.807) is 18.3 Å². The minimum absolute atomic E-state index is 0.263. The number of carbonyl (C=O) groups is 1. The summed E-state index contributed by atoms with van der Waals surface area (Å²) in [5.74, 6) is 0.289. The minimum Gasteiger partial charge on any atom is -0.340 e. The third kappa shape index (κ3) is 5.13. The highest BCUT2D eigenvalue weighted by Gasteiger charge is 2.30. The van der Waals surface area contributed by atoms with Crippen molar-refractivity contribution in [1.82, 2.24) is 4.98 Å². The molecule has 1 heterocycles. The van der Waals surface area contributed by atoms with E-state index in [1.807, 2.05) is 24.3 Å². The minimum atomic E-state index is -4.42. The Labute approximate surface area is 166 Å². The lowest BCUT2D eigenvalue weighted by molar-refractivity contribution is -0.137. The summed E-state index contributed by atoms with van der Waals surface area (Å²) >= 11 is 0. The molecule has 0 fully saturated rings. The van der Waals surface area contributed by atoms with E-state index in [4.69, 9.17) is 0 Å². The van der Waals surface area contributed by atoms with Crippen LogP contribution in [0.4, 0.5) is 30.4 Å². The lowest BCUT2D eigenvalue weighted by Gasteiger charge is -2.13. The molecule has 0 atom stereocenters. The van der Waals surface area contributed by atoms with Gasteiger partial charge in [0.25, 0.3) is 5.91 Å². The van der Waals surface area contributed by atoms with Crippen molar-refractivity contribution in [3.63, 3.8) is 0 Å². The molecule has 3 aromatic rings. The van der Waals surface area contributed by atoms with Gasteiger partial charge in [0.15, 0.2) is 0 Å².